The summed E-state index contributed by atoms with van der Waals surface area (Å²) in [6, 6.07) is 11.9. The highest BCUT2D eigenvalue weighted by molar-refractivity contribution is 5.95. The van der Waals surface area contributed by atoms with E-state index >= 15 is 0 Å². The quantitative estimate of drug-likeness (QED) is 0.711. The largest absolute Gasteiger partial charge is 0.338 e. The maximum Gasteiger partial charge on any atom is 0.263 e. The van der Waals surface area contributed by atoms with Crippen molar-refractivity contribution in [2.45, 2.75) is 19.9 Å². The molecule has 1 aromatic carbocycles. The third-order valence-electron chi connectivity index (χ3n) is 5.34. The maximum absolute atomic E-state index is 13.1. The van der Waals surface area contributed by atoms with Crippen LogP contribution in [0.1, 0.15) is 21.5 Å². The van der Waals surface area contributed by atoms with Gasteiger partial charge in [-0.25, -0.2) is 5.10 Å². The minimum Gasteiger partial charge on any atom is -0.338 e. The molecule has 0 spiro atoms. The van der Waals surface area contributed by atoms with E-state index in [-0.39, 0.29) is 17.0 Å². The van der Waals surface area contributed by atoms with Crippen molar-refractivity contribution in [1.29, 1.82) is 0 Å². The third-order valence-corrected chi connectivity index (χ3v) is 5.34. The van der Waals surface area contributed by atoms with E-state index in [4.69, 9.17) is 0 Å². The Morgan fingerprint density at radius 3 is 2.55 bits per heavy atom. The number of nitrogens with zero attached hydrogens (tertiary/aromatic N) is 5. The normalized spacial score (nSPS) is 14.2. The van der Waals surface area contributed by atoms with Crippen molar-refractivity contribution in [2.75, 3.05) is 31.1 Å². The Hall–Kier alpha value is -3.42. The number of anilines is 1. The molecule has 1 aliphatic heterocycles. The molecular weight excluding hydrogens is 368 g/mol. The Kier molecular flexibility index (Phi) is 5.41. The van der Waals surface area contributed by atoms with Gasteiger partial charge in [0, 0.05) is 38.9 Å². The molecule has 29 heavy (non-hydrogen) atoms. The topological polar surface area (TPSA) is 87.1 Å². The zero-order chi connectivity index (χ0) is 20.2. The monoisotopic (exact) mass is 392 g/mol. The number of aryl methyl sites for hydroxylation is 3. The number of carbonyl (C=O) groups is 1. The Morgan fingerprint density at radius 1 is 1.10 bits per heavy atom. The van der Waals surface area contributed by atoms with Crippen molar-refractivity contribution in [1.82, 2.24) is 24.6 Å². The SMILES string of the molecule is Cc1ccn(CCc2ccccc2)c(=O)c1C(=O)N1CCN(c2ncn[nH]2)CC1. The fraction of sp³-hybridized carbons (Fsp3) is 0.333. The molecule has 0 saturated carbocycles. The lowest BCUT2D eigenvalue weighted by Crippen LogP contribution is -2.50. The van der Waals surface area contributed by atoms with Gasteiger partial charge in [-0.3, -0.25) is 9.59 Å². The predicted molar refractivity (Wildman–Crippen MR) is 110 cm³/mol. The first-order chi connectivity index (χ1) is 14.1. The van der Waals surface area contributed by atoms with Gasteiger partial charge in [0.1, 0.15) is 11.9 Å². The van der Waals surface area contributed by atoms with Crippen molar-refractivity contribution in [3.05, 3.63) is 76.0 Å². The number of amides is 1. The number of pyridine rings is 1. The Morgan fingerprint density at radius 2 is 1.86 bits per heavy atom. The second-order valence-corrected chi connectivity index (χ2v) is 7.20. The van der Waals surface area contributed by atoms with Crippen LogP contribution < -0.4 is 10.5 Å². The molecule has 8 heteroatoms. The number of hydrogen-bond acceptors (Lipinski definition) is 5. The highest BCUT2D eigenvalue weighted by atomic mass is 16.2. The standard InChI is InChI=1S/C21H24N6O2/c1-16-7-9-25(10-8-17-5-3-2-4-6-17)19(28)18(16)20(29)26-11-13-27(14-12-26)21-22-15-23-24-21/h2-7,9,15H,8,10-14H2,1H3,(H,22,23,24). The average molecular weight is 392 g/mol. The molecule has 8 nitrogen and oxygen atoms in total. The van der Waals surface area contributed by atoms with Gasteiger partial charge in [0.25, 0.3) is 11.5 Å². The van der Waals surface area contributed by atoms with Gasteiger partial charge in [-0.1, -0.05) is 30.3 Å². The van der Waals surface area contributed by atoms with E-state index in [1.165, 1.54) is 6.33 Å². The van der Waals surface area contributed by atoms with Gasteiger partial charge in [-0.05, 0) is 30.5 Å². The summed E-state index contributed by atoms with van der Waals surface area (Å²) in [6.45, 7) is 4.74. The molecule has 0 bridgehead atoms. The second-order valence-electron chi connectivity index (χ2n) is 7.20. The number of nitrogens with one attached hydrogen (secondary N) is 1. The first-order valence-electron chi connectivity index (χ1n) is 9.77. The molecule has 2 aromatic heterocycles. The first-order valence-corrected chi connectivity index (χ1v) is 9.77. The molecule has 1 N–H and O–H groups in total. The van der Waals surface area contributed by atoms with E-state index in [0.717, 1.165) is 12.0 Å². The first kappa shape index (κ1) is 18.9. The fourth-order valence-corrected chi connectivity index (χ4v) is 3.63. The van der Waals surface area contributed by atoms with Crippen LogP contribution in [-0.2, 0) is 13.0 Å². The smallest absolute Gasteiger partial charge is 0.263 e. The van der Waals surface area contributed by atoms with E-state index < -0.39 is 0 Å². The summed E-state index contributed by atoms with van der Waals surface area (Å²) in [6.07, 6.45) is 3.99. The number of hydrogen-bond donors (Lipinski definition) is 1. The lowest BCUT2D eigenvalue weighted by Gasteiger charge is -2.34. The van der Waals surface area contributed by atoms with Crippen molar-refractivity contribution >= 4 is 11.9 Å². The third kappa shape index (κ3) is 4.06. The molecule has 4 rings (SSSR count). The van der Waals surface area contributed by atoms with Crippen LogP contribution >= 0.6 is 0 Å². The molecule has 3 heterocycles. The summed E-state index contributed by atoms with van der Waals surface area (Å²) < 4.78 is 1.64. The van der Waals surface area contributed by atoms with Gasteiger partial charge in [-0.15, -0.1) is 0 Å². The zero-order valence-electron chi connectivity index (χ0n) is 16.4. The number of H-pyrrole nitrogens is 1. The molecule has 0 atom stereocenters. The van der Waals surface area contributed by atoms with Crippen molar-refractivity contribution in [3.8, 4) is 0 Å². The van der Waals surface area contributed by atoms with Gasteiger partial charge >= 0.3 is 0 Å². The Bertz CT molecular complexity index is 1020. The molecule has 1 aliphatic rings. The van der Waals surface area contributed by atoms with Crippen molar-refractivity contribution in [2.24, 2.45) is 0 Å². The van der Waals surface area contributed by atoms with Crippen molar-refractivity contribution in [3.63, 3.8) is 0 Å². The zero-order valence-corrected chi connectivity index (χ0v) is 16.4. The van der Waals surface area contributed by atoms with Crippen LogP contribution in [0.5, 0.6) is 0 Å². The molecule has 1 amide bonds. The molecule has 0 unspecified atom stereocenters. The van der Waals surface area contributed by atoms with Crippen LogP contribution in [0.15, 0.2) is 53.7 Å². The molecule has 3 aromatic rings. The number of benzene rings is 1. The van der Waals surface area contributed by atoms with Crippen molar-refractivity contribution < 1.29 is 4.79 Å². The van der Waals surface area contributed by atoms with E-state index in [0.29, 0.717) is 44.2 Å². The minimum atomic E-state index is -0.219. The molecule has 150 valence electrons. The van der Waals surface area contributed by atoms with Gasteiger partial charge in [0.15, 0.2) is 0 Å². The number of carbonyl (C=O) groups excluding carboxylic acids is 1. The van der Waals surface area contributed by atoms with Gasteiger partial charge < -0.3 is 14.4 Å². The van der Waals surface area contributed by atoms with Gasteiger partial charge in [-0.2, -0.15) is 10.1 Å². The van der Waals surface area contributed by atoms with E-state index in [2.05, 4.69) is 15.2 Å². The molecular formula is C21H24N6O2. The fourth-order valence-electron chi connectivity index (χ4n) is 3.63. The summed E-state index contributed by atoms with van der Waals surface area (Å²) in [4.78, 5) is 34.1. The van der Waals surface area contributed by atoms with Crippen LogP contribution in [0.3, 0.4) is 0 Å². The maximum atomic E-state index is 13.1. The minimum absolute atomic E-state index is 0.196. The number of piperazine rings is 1. The van der Waals surface area contributed by atoms with Crippen LogP contribution in [0.2, 0.25) is 0 Å². The van der Waals surface area contributed by atoms with E-state index in [9.17, 15) is 9.59 Å². The summed E-state index contributed by atoms with van der Waals surface area (Å²) >= 11 is 0. The predicted octanol–water partition coefficient (Wildman–Crippen LogP) is 1.48. The number of aromatic nitrogens is 4. The van der Waals surface area contributed by atoms with E-state index in [1.807, 2.05) is 48.2 Å². The van der Waals surface area contributed by atoms with Crippen LogP contribution in [0, 0.1) is 6.92 Å². The van der Waals surface area contributed by atoms with Crippen LogP contribution in [-0.4, -0.2) is 56.7 Å². The average Bonchev–Trinajstić information content (AvgIpc) is 3.29. The lowest BCUT2D eigenvalue weighted by molar-refractivity contribution is 0.0743. The highest BCUT2D eigenvalue weighted by Crippen LogP contribution is 2.13. The lowest BCUT2D eigenvalue weighted by atomic mass is 10.1. The summed E-state index contributed by atoms with van der Waals surface area (Å²) in [5, 5.41) is 6.71. The Labute approximate surface area is 168 Å². The molecule has 0 radical (unpaired) electrons. The van der Waals surface area contributed by atoms with Crippen LogP contribution in [0.4, 0.5) is 5.95 Å². The van der Waals surface area contributed by atoms with Gasteiger partial charge in [0.05, 0.1) is 0 Å². The van der Waals surface area contributed by atoms with Gasteiger partial charge in [0.2, 0.25) is 5.95 Å². The Balaban J connectivity index is 1.47. The number of aromatic amines is 1. The molecule has 0 aliphatic carbocycles. The summed E-state index contributed by atoms with van der Waals surface area (Å²) in [7, 11) is 0. The van der Waals surface area contributed by atoms with E-state index in [1.54, 1.807) is 15.7 Å². The van der Waals surface area contributed by atoms with Crippen LogP contribution in [0.25, 0.3) is 0 Å². The summed E-state index contributed by atoms with van der Waals surface area (Å²) in [5.41, 5.74) is 1.93. The number of rotatable bonds is 5. The molecule has 1 saturated heterocycles. The highest BCUT2D eigenvalue weighted by Gasteiger charge is 2.26. The molecule has 1 fully saturated rings. The summed E-state index contributed by atoms with van der Waals surface area (Å²) in [5.74, 6) is 0.509. The second kappa shape index (κ2) is 8.30.